The molecule has 0 unspecified atom stereocenters. The van der Waals surface area contributed by atoms with Gasteiger partial charge in [0.15, 0.2) is 5.69 Å². The van der Waals surface area contributed by atoms with Crippen LogP contribution in [0.5, 0.6) is 0 Å². The van der Waals surface area contributed by atoms with Gasteiger partial charge in [-0.15, -0.1) is 17.5 Å². The van der Waals surface area contributed by atoms with Crippen LogP contribution in [-0.2, 0) is 13.1 Å². The topological polar surface area (TPSA) is 71.8 Å². The van der Waals surface area contributed by atoms with E-state index in [2.05, 4.69) is 20.9 Å². The minimum absolute atomic E-state index is 0. The number of hydrogen-bond donors (Lipinski definition) is 2. The summed E-state index contributed by atoms with van der Waals surface area (Å²) in [6, 6.07) is 9.13. The van der Waals surface area contributed by atoms with Gasteiger partial charge in [0.1, 0.15) is 0 Å². The maximum absolute atomic E-state index is 13.1. The van der Waals surface area contributed by atoms with E-state index in [0.717, 1.165) is 5.56 Å². The average molecular weight is 358 g/mol. The van der Waals surface area contributed by atoms with Gasteiger partial charge in [-0.3, -0.25) is 9.48 Å². The molecule has 130 valence electrons. The molecule has 0 spiro atoms. The maximum Gasteiger partial charge on any atom is 0.273 e. The van der Waals surface area contributed by atoms with Gasteiger partial charge in [0, 0.05) is 19.0 Å². The van der Waals surface area contributed by atoms with E-state index >= 15 is 0 Å². The molecule has 1 aromatic carbocycles. The van der Waals surface area contributed by atoms with Gasteiger partial charge >= 0.3 is 0 Å². The highest BCUT2D eigenvalue weighted by Crippen LogP contribution is 2.25. The van der Waals surface area contributed by atoms with E-state index < -0.39 is 5.92 Å². The van der Waals surface area contributed by atoms with Crippen LogP contribution in [0.4, 0.5) is 8.78 Å². The number of carbonyl (C=O) groups is 1. The summed E-state index contributed by atoms with van der Waals surface area (Å²) >= 11 is 0. The zero-order valence-electron chi connectivity index (χ0n) is 12.8. The molecule has 1 amide bonds. The molecule has 2 aromatic rings. The molecule has 2 heterocycles. The van der Waals surface area contributed by atoms with Crippen molar-refractivity contribution < 1.29 is 13.6 Å². The minimum atomic E-state index is -2.68. The SMILES string of the molecule is Cl.O=C(NCc1ccccc1)c1cn(C[C@@H]2CC(F)(F)CN2)nn1. The van der Waals surface area contributed by atoms with Crippen molar-refractivity contribution in [3.63, 3.8) is 0 Å². The molecule has 0 bridgehead atoms. The number of benzene rings is 1. The van der Waals surface area contributed by atoms with Crippen molar-refractivity contribution in [3.8, 4) is 0 Å². The molecule has 24 heavy (non-hydrogen) atoms. The highest BCUT2D eigenvalue weighted by molar-refractivity contribution is 5.91. The molecule has 1 saturated heterocycles. The standard InChI is InChI=1S/C15H17F2N5O.ClH/c16-15(17)6-12(19-10-15)8-22-9-13(20-21-22)14(23)18-7-11-4-2-1-3-5-11;/h1-5,9,12,19H,6-8,10H2,(H,18,23);1H/t12-;/m0./s1. The van der Waals surface area contributed by atoms with Crippen LogP contribution in [-0.4, -0.2) is 39.4 Å². The second kappa shape index (κ2) is 7.67. The number of nitrogens with zero attached hydrogens (tertiary/aromatic N) is 3. The van der Waals surface area contributed by atoms with Gasteiger partial charge in [0.2, 0.25) is 0 Å². The predicted octanol–water partition coefficient (Wildman–Crippen LogP) is 1.63. The van der Waals surface area contributed by atoms with Gasteiger partial charge in [-0.25, -0.2) is 8.78 Å². The fourth-order valence-corrected chi connectivity index (χ4v) is 2.51. The van der Waals surface area contributed by atoms with E-state index in [1.54, 1.807) is 0 Å². The monoisotopic (exact) mass is 357 g/mol. The number of amides is 1. The van der Waals surface area contributed by atoms with Crippen molar-refractivity contribution in [2.45, 2.75) is 31.5 Å². The summed E-state index contributed by atoms with van der Waals surface area (Å²) in [5.41, 5.74) is 1.15. The summed E-state index contributed by atoms with van der Waals surface area (Å²) in [6.07, 6.45) is 1.24. The van der Waals surface area contributed by atoms with E-state index in [4.69, 9.17) is 0 Å². The van der Waals surface area contributed by atoms with Crippen LogP contribution < -0.4 is 10.6 Å². The number of alkyl halides is 2. The molecule has 2 N–H and O–H groups in total. The molecule has 0 saturated carbocycles. The Kier molecular flexibility index (Phi) is 5.84. The molecule has 0 radical (unpaired) electrons. The summed E-state index contributed by atoms with van der Waals surface area (Å²) in [4.78, 5) is 12.0. The number of nitrogens with one attached hydrogen (secondary N) is 2. The van der Waals surface area contributed by atoms with Crippen LogP contribution in [0, 0.1) is 0 Å². The van der Waals surface area contributed by atoms with Crippen molar-refractivity contribution in [1.82, 2.24) is 25.6 Å². The molecule has 1 aliphatic rings. The van der Waals surface area contributed by atoms with Crippen LogP contribution >= 0.6 is 12.4 Å². The number of rotatable bonds is 5. The lowest BCUT2D eigenvalue weighted by atomic mass is 10.2. The Morgan fingerprint density at radius 3 is 2.79 bits per heavy atom. The third-order valence-corrected chi connectivity index (χ3v) is 3.67. The molecule has 1 aliphatic heterocycles. The van der Waals surface area contributed by atoms with E-state index in [9.17, 15) is 13.6 Å². The first kappa shape index (κ1) is 18.3. The highest BCUT2D eigenvalue weighted by atomic mass is 35.5. The smallest absolute Gasteiger partial charge is 0.273 e. The second-order valence-corrected chi connectivity index (χ2v) is 5.63. The van der Waals surface area contributed by atoms with Crippen LogP contribution in [0.3, 0.4) is 0 Å². The average Bonchev–Trinajstić information content (AvgIpc) is 3.13. The third-order valence-electron chi connectivity index (χ3n) is 3.67. The number of carbonyl (C=O) groups excluding carboxylic acids is 1. The highest BCUT2D eigenvalue weighted by Gasteiger charge is 2.39. The van der Waals surface area contributed by atoms with Gasteiger partial charge < -0.3 is 10.6 Å². The Hall–Kier alpha value is -2.06. The van der Waals surface area contributed by atoms with E-state index in [1.807, 2.05) is 30.3 Å². The van der Waals surface area contributed by atoms with Gasteiger partial charge in [-0.1, -0.05) is 35.5 Å². The van der Waals surface area contributed by atoms with Crippen LogP contribution in [0.2, 0.25) is 0 Å². The van der Waals surface area contributed by atoms with Crippen LogP contribution in [0.25, 0.3) is 0 Å². The lowest BCUT2D eigenvalue weighted by molar-refractivity contribution is 0.0205. The summed E-state index contributed by atoms with van der Waals surface area (Å²) in [5.74, 6) is -3.02. The van der Waals surface area contributed by atoms with Gasteiger partial charge in [0.05, 0.1) is 19.3 Å². The van der Waals surface area contributed by atoms with Gasteiger partial charge in [-0.05, 0) is 5.56 Å². The number of aromatic nitrogens is 3. The lowest BCUT2D eigenvalue weighted by Crippen LogP contribution is -2.27. The molecule has 6 nitrogen and oxygen atoms in total. The van der Waals surface area contributed by atoms with Crippen molar-refractivity contribution >= 4 is 18.3 Å². The molecule has 9 heteroatoms. The van der Waals surface area contributed by atoms with Crippen molar-refractivity contribution in [1.29, 1.82) is 0 Å². The van der Waals surface area contributed by atoms with Crippen molar-refractivity contribution in [3.05, 3.63) is 47.8 Å². The molecular weight excluding hydrogens is 340 g/mol. The van der Waals surface area contributed by atoms with Crippen LogP contribution in [0.1, 0.15) is 22.5 Å². The quantitative estimate of drug-likeness (QED) is 0.853. The first-order valence-corrected chi connectivity index (χ1v) is 7.35. The Labute approximate surface area is 144 Å². The molecule has 0 aliphatic carbocycles. The fourth-order valence-electron chi connectivity index (χ4n) is 2.51. The Morgan fingerprint density at radius 2 is 2.12 bits per heavy atom. The zero-order chi connectivity index (χ0) is 16.3. The molecule has 1 atom stereocenters. The summed E-state index contributed by atoms with van der Waals surface area (Å²) in [6.45, 7) is 0.328. The van der Waals surface area contributed by atoms with Gasteiger partial charge in [-0.2, -0.15) is 0 Å². The lowest BCUT2D eigenvalue weighted by Gasteiger charge is -2.09. The van der Waals surface area contributed by atoms with Crippen molar-refractivity contribution in [2.24, 2.45) is 0 Å². The summed E-state index contributed by atoms with van der Waals surface area (Å²) < 4.78 is 27.7. The Balaban J connectivity index is 0.00000208. The van der Waals surface area contributed by atoms with E-state index in [1.165, 1.54) is 10.9 Å². The third kappa shape index (κ3) is 4.72. The summed E-state index contributed by atoms with van der Waals surface area (Å²) in [5, 5.41) is 13.1. The second-order valence-electron chi connectivity index (χ2n) is 5.63. The molecular formula is C15H18ClF2N5O. The van der Waals surface area contributed by atoms with E-state index in [0.29, 0.717) is 6.54 Å². The molecule has 3 rings (SSSR count). The first-order chi connectivity index (χ1) is 11.0. The fraction of sp³-hybridized carbons (Fsp3) is 0.400. The molecule has 1 fully saturated rings. The number of halogens is 3. The van der Waals surface area contributed by atoms with Crippen molar-refractivity contribution in [2.75, 3.05) is 6.54 Å². The minimum Gasteiger partial charge on any atom is -0.347 e. The van der Waals surface area contributed by atoms with Crippen LogP contribution in [0.15, 0.2) is 36.5 Å². The number of hydrogen-bond acceptors (Lipinski definition) is 4. The first-order valence-electron chi connectivity index (χ1n) is 7.35. The largest absolute Gasteiger partial charge is 0.347 e. The predicted molar refractivity (Wildman–Crippen MR) is 86.2 cm³/mol. The zero-order valence-corrected chi connectivity index (χ0v) is 13.6. The van der Waals surface area contributed by atoms with Gasteiger partial charge in [0.25, 0.3) is 11.8 Å². The summed E-state index contributed by atoms with van der Waals surface area (Å²) in [7, 11) is 0. The molecule has 1 aromatic heterocycles. The maximum atomic E-state index is 13.1. The normalized spacial score (nSPS) is 18.8. The Bertz CT molecular complexity index is 680. The Morgan fingerprint density at radius 1 is 1.38 bits per heavy atom. The van der Waals surface area contributed by atoms with E-state index in [-0.39, 0.29) is 49.6 Å².